The van der Waals surface area contributed by atoms with Crippen LogP contribution in [0.4, 0.5) is 11.6 Å². The average molecular weight is 892 g/mol. The number of nitrogens with zero attached hydrogens (tertiary/aromatic N) is 2. The van der Waals surface area contributed by atoms with Crippen LogP contribution in [0.3, 0.4) is 0 Å². The number of aromatic nitrogens is 2. The number of anilines is 1. The minimum atomic E-state index is -2.15. The second-order valence-corrected chi connectivity index (χ2v) is 24.1. The fourth-order valence-corrected chi connectivity index (χ4v) is 10.6. The van der Waals surface area contributed by atoms with E-state index in [0.29, 0.717) is 36.8 Å². The molecule has 0 spiro atoms. The van der Waals surface area contributed by atoms with Crippen molar-refractivity contribution in [3.63, 3.8) is 0 Å². The van der Waals surface area contributed by atoms with Gasteiger partial charge in [0.05, 0.1) is 30.0 Å². The molecule has 0 saturated carbocycles. The van der Waals surface area contributed by atoms with Crippen LogP contribution in [-0.2, 0) is 26.7 Å². The first-order chi connectivity index (χ1) is 32.0. The van der Waals surface area contributed by atoms with E-state index in [4.69, 9.17) is 19.1 Å². The number of H-pyrrole nitrogens is 1. The van der Waals surface area contributed by atoms with Gasteiger partial charge in [-0.3, -0.25) is 20.1 Å². The van der Waals surface area contributed by atoms with Crippen molar-refractivity contribution in [2.24, 2.45) is 10.9 Å². The molecule has 0 radical (unpaired) electrons. The minimum absolute atomic E-state index is 0.0340. The zero-order chi connectivity index (χ0) is 45.8. The predicted molar refractivity (Wildman–Crippen MR) is 270 cm³/mol. The van der Waals surface area contributed by atoms with E-state index in [-0.39, 0.29) is 34.8 Å². The Hall–Kier alpha value is -6.23. The highest BCUT2D eigenvalue weighted by atomic mass is 28.4. The van der Waals surface area contributed by atoms with Gasteiger partial charge >= 0.3 is 0 Å². The SMILES string of the molecule is CC(C)(C)[Si](C)(C)OCC1OC(C2C=Nc3c(nc(NC(c4ccccc4)(c4ccccc4)c4ccccc4)[nH]c3=O)CC2)CC1NC(c1ccccc1)(c1ccccc1)c1ccccc1. The van der Waals surface area contributed by atoms with Crippen LogP contribution in [-0.4, -0.2) is 49.4 Å². The molecular formula is C57H61N5O3Si. The molecule has 9 heteroatoms. The van der Waals surface area contributed by atoms with E-state index in [1.807, 2.05) is 60.8 Å². The van der Waals surface area contributed by atoms with Gasteiger partial charge in [-0.05, 0) is 70.8 Å². The van der Waals surface area contributed by atoms with Gasteiger partial charge in [-0.1, -0.05) is 203 Å². The van der Waals surface area contributed by atoms with E-state index >= 15 is 0 Å². The topological polar surface area (TPSA) is 101 Å². The predicted octanol–water partition coefficient (Wildman–Crippen LogP) is 11.6. The number of ether oxygens (including phenoxy) is 1. The van der Waals surface area contributed by atoms with Gasteiger partial charge in [0.1, 0.15) is 11.2 Å². The normalized spacial score (nSPS) is 18.9. The molecule has 8 nitrogen and oxygen atoms in total. The molecule has 336 valence electrons. The quantitative estimate of drug-likeness (QED) is 0.0743. The zero-order valence-electron chi connectivity index (χ0n) is 38.7. The first-order valence-corrected chi connectivity index (χ1v) is 26.2. The van der Waals surface area contributed by atoms with E-state index in [1.165, 1.54) is 0 Å². The maximum Gasteiger partial charge on any atom is 0.278 e. The van der Waals surface area contributed by atoms with Crippen LogP contribution in [0.25, 0.3) is 0 Å². The summed E-state index contributed by atoms with van der Waals surface area (Å²) in [6.07, 6.45) is 3.48. The van der Waals surface area contributed by atoms with Crippen molar-refractivity contribution in [3.05, 3.63) is 231 Å². The van der Waals surface area contributed by atoms with Crippen molar-refractivity contribution < 1.29 is 9.16 Å². The first kappa shape index (κ1) is 44.9. The number of benzene rings is 6. The summed E-state index contributed by atoms with van der Waals surface area (Å²) in [5.41, 5.74) is 5.65. The van der Waals surface area contributed by atoms with Gasteiger partial charge in [-0.2, -0.15) is 0 Å². The van der Waals surface area contributed by atoms with Crippen LogP contribution in [0.2, 0.25) is 18.1 Å². The molecule has 4 atom stereocenters. The highest BCUT2D eigenvalue weighted by molar-refractivity contribution is 6.74. The Balaban J connectivity index is 1.05. The second-order valence-electron chi connectivity index (χ2n) is 19.3. The van der Waals surface area contributed by atoms with Gasteiger partial charge < -0.3 is 14.5 Å². The molecule has 0 aliphatic carbocycles. The third-order valence-electron chi connectivity index (χ3n) is 14.2. The molecule has 3 N–H and O–H groups in total. The Morgan fingerprint density at radius 1 is 0.652 bits per heavy atom. The molecule has 0 bridgehead atoms. The van der Waals surface area contributed by atoms with Crippen molar-refractivity contribution in [1.82, 2.24) is 15.3 Å². The Labute approximate surface area is 390 Å². The van der Waals surface area contributed by atoms with Crippen molar-refractivity contribution in [1.29, 1.82) is 0 Å². The minimum Gasteiger partial charge on any atom is -0.414 e. The summed E-state index contributed by atoms with van der Waals surface area (Å²) in [6.45, 7) is 11.9. The lowest BCUT2D eigenvalue weighted by Crippen LogP contribution is -2.54. The third kappa shape index (κ3) is 8.88. The number of aryl methyl sites for hydroxylation is 1. The fraction of sp³-hybridized carbons (Fsp3) is 0.281. The summed E-state index contributed by atoms with van der Waals surface area (Å²) < 4.78 is 14.2. The monoisotopic (exact) mass is 891 g/mol. The number of nitrogens with one attached hydrogen (secondary N) is 3. The van der Waals surface area contributed by atoms with Crippen LogP contribution in [0.15, 0.2) is 192 Å². The van der Waals surface area contributed by atoms with Gasteiger partial charge in [-0.15, -0.1) is 0 Å². The van der Waals surface area contributed by atoms with E-state index in [9.17, 15) is 4.79 Å². The molecular weight excluding hydrogens is 831 g/mol. The summed E-state index contributed by atoms with van der Waals surface area (Å²) in [5.74, 6) is 0.307. The number of aliphatic imine (C=N–C) groups is 1. The molecule has 2 aliphatic rings. The molecule has 1 saturated heterocycles. The molecule has 3 heterocycles. The zero-order valence-corrected chi connectivity index (χ0v) is 39.7. The molecule has 1 fully saturated rings. The van der Waals surface area contributed by atoms with E-state index in [1.54, 1.807) is 0 Å². The average Bonchev–Trinajstić information content (AvgIpc) is 3.62. The Kier molecular flexibility index (Phi) is 12.9. The van der Waals surface area contributed by atoms with Crippen LogP contribution >= 0.6 is 0 Å². The lowest BCUT2D eigenvalue weighted by molar-refractivity contribution is -0.00678. The molecule has 2 aliphatic heterocycles. The summed E-state index contributed by atoms with van der Waals surface area (Å²) >= 11 is 0. The van der Waals surface area contributed by atoms with Gasteiger partial charge in [-0.25, -0.2) is 4.98 Å². The van der Waals surface area contributed by atoms with Crippen molar-refractivity contribution in [2.45, 2.75) is 87.5 Å². The third-order valence-corrected chi connectivity index (χ3v) is 18.7. The van der Waals surface area contributed by atoms with Crippen LogP contribution in [0.1, 0.15) is 72.7 Å². The van der Waals surface area contributed by atoms with Crippen LogP contribution in [0, 0.1) is 5.92 Å². The number of rotatable bonds is 14. The molecule has 7 aromatic rings. The highest BCUT2D eigenvalue weighted by Crippen LogP contribution is 2.43. The lowest BCUT2D eigenvalue weighted by Gasteiger charge is -2.41. The van der Waals surface area contributed by atoms with Gasteiger partial charge in [0.2, 0.25) is 5.95 Å². The Morgan fingerprint density at radius 3 is 1.50 bits per heavy atom. The number of hydrogen-bond donors (Lipinski definition) is 3. The van der Waals surface area contributed by atoms with Crippen molar-refractivity contribution in [3.8, 4) is 0 Å². The maximum absolute atomic E-state index is 14.2. The number of fused-ring (bicyclic) bond motifs is 1. The van der Waals surface area contributed by atoms with Crippen molar-refractivity contribution in [2.75, 3.05) is 11.9 Å². The largest absolute Gasteiger partial charge is 0.414 e. The van der Waals surface area contributed by atoms with Crippen molar-refractivity contribution >= 4 is 26.2 Å². The van der Waals surface area contributed by atoms with Gasteiger partial charge in [0.25, 0.3) is 5.56 Å². The Bertz CT molecular complexity index is 2570. The Morgan fingerprint density at radius 2 is 1.08 bits per heavy atom. The first-order valence-electron chi connectivity index (χ1n) is 23.3. The van der Waals surface area contributed by atoms with Crippen LogP contribution < -0.4 is 16.2 Å². The molecule has 4 unspecified atom stereocenters. The number of aromatic amines is 1. The summed E-state index contributed by atoms with van der Waals surface area (Å²) in [6, 6.07) is 63.1. The molecule has 66 heavy (non-hydrogen) atoms. The highest BCUT2D eigenvalue weighted by Gasteiger charge is 2.47. The standard InChI is InChI=1S/C57H61N5O3Si/c1-55(2,3)66(4,5)64-40-51-49(61-56(42-24-12-6-13-25-42,43-26-14-7-15-27-43)44-28-16-8-17-29-44)38-50(65-51)41-36-37-48-52(58-39-41)53(63)60-54(59-48)62-57(45-30-18-9-19-31-45,46-32-20-10-21-33-46)47-34-22-11-23-35-47/h6-35,39,41,49-51,61H,36-38,40H2,1-5H3,(H2,59,60,62,63). The molecule has 9 rings (SSSR count). The van der Waals surface area contributed by atoms with Crippen LogP contribution in [0.5, 0.6) is 0 Å². The maximum atomic E-state index is 14.2. The molecule has 6 aromatic carbocycles. The lowest BCUT2D eigenvalue weighted by atomic mass is 9.76. The fourth-order valence-electron chi connectivity index (χ4n) is 9.63. The van der Waals surface area contributed by atoms with Gasteiger partial charge in [0.15, 0.2) is 8.32 Å². The summed E-state index contributed by atoms with van der Waals surface area (Å²) in [7, 11) is -2.15. The molecule has 0 amide bonds. The summed E-state index contributed by atoms with van der Waals surface area (Å²) in [5, 5.41) is 8.08. The van der Waals surface area contributed by atoms with Gasteiger partial charge in [0, 0.05) is 18.2 Å². The number of hydrogen-bond acceptors (Lipinski definition) is 7. The van der Waals surface area contributed by atoms with E-state index < -0.39 is 19.4 Å². The molecule has 1 aromatic heterocycles. The van der Waals surface area contributed by atoms with E-state index in [2.05, 4.69) is 177 Å². The smallest absolute Gasteiger partial charge is 0.278 e. The summed E-state index contributed by atoms with van der Waals surface area (Å²) in [4.78, 5) is 27.4. The second kappa shape index (κ2) is 18.9. The van der Waals surface area contributed by atoms with E-state index in [0.717, 1.165) is 39.8 Å².